The molecule has 0 heterocycles. The maximum Gasteiger partial charge on any atom is 0.309 e. The van der Waals surface area contributed by atoms with E-state index in [1.807, 2.05) is 26.0 Å². The molecule has 0 unspecified atom stereocenters. The third-order valence-electron chi connectivity index (χ3n) is 3.49. The van der Waals surface area contributed by atoms with Crippen LogP contribution in [0.4, 0.5) is 0 Å². The summed E-state index contributed by atoms with van der Waals surface area (Å²) in [5.74, 6) is 0. The van der Waals surface area contributed by atoms with Crippen LogP contribution in [0.5, 0.6) is 0 Å². The molecule has 1 aliphatic carbocycles. The molecule has 0 spiro atoms. The first-order valence-corrected chi connectivity index (χ1v) is 6.39. The highest BCUT2D eigenvalue weighted by Gasteiger charge is 2.35. The average Bonchev–Trinajstić information content (AvgIpc) is 2.29. The lowest BCUT2D eigenvalue weighted by molar-refractivity contribution is -0.0896. The molecule has 0 saturated heterocycles. The van der Waals surface area contributed by atoms with Crippen LogP contribution in [0.15, 0.2) is 35.5 Å². The van der Waals surface area contributed by atoms with Gasteiger partial charge < -0.3 is 20.5 Å². The summed E-state index contributed by atoms with van der Waals surface area (Å²) >= 11 is 0. The van der Waals surface area contributed by atoms with Crippen LogP contribution in [-0.4, -0.2) is 36.6 Å². The minimum absolute atomic E-state index is 0.405. The predicted molar refractivity (Wildman–Crippen MR) is 80.7 cm³/mol. The molecule has 0 bridgehead atoms. The molecule has 0 aromatic heterocycles. The molecule has 4 nitrogen and oxygen atoms in total. The molecule has 0 radical (unpaired) electrons. The maximum atomic E-state index is 10.0. The lowest BCUT2D eigenvalue weighted by atomic mass is 9.79. The number of hydrogen-bond donors (Lipinski definition) is 3. The molecular formula is C14H23BN2O2. The van der Waals surface area contributed by atoms with Gasteiger partial charge in [0.25, 0.3) is 0 Å². The Morgan fingerprint density at radius 1 is 1.32 bits per heavy atom. The summed E-state index contributed by atoms with van der Waals surface area (Å²) in [7, 11) is 2.21. The van der Waals surface area contributed by atoms with Crippen molar-refractivity contribution in [1.82, 2.24) is 5.32 Å². The first kappa shape index (κ1) is 15.7. The number of allylic oxidation sites excluding steroid dienone is 5. The van der Waals surface area contributed by atoms with Crippen LogP contribution in [-0.2, 0) is 4.65 Å². The SMILES string of the molecule is CN/C=C1/C=C(BOC(C)(C)C(C)(C)O)C=CC1=N. The molecule has 3 N–H and O–H groups in total. The van der Waals surface area contributed by atoms with E-state index >= 15 is 0 Å². The van der Waals surface area contributed by atoms with Gasteiger partial charge in [-0.25, -0.2) is 0 Å². The Morgan fingerprint density at radius 2 is 1.95 bits per heavy atom. The summed E-state index contributed by atoms with van der Waals surface area (Å²) in [5, 5.41) is 20.7. The Hall–Kier alpha value is -1.33. The van der Waals surface area contributed by atoms with Gasteiger partial charge in [0.15, 0.2) is 0 Å². The molecule has 104 valence electrons. The zero-order chi connectivity index (χ0) is 14.7. The van der Waals surface area contributed by atoms with E-state index in [4.69, 9.17) is 10.1 Å². The van der Waals surface area contributed by atoms with E-state index in [-0.39, 0.29) is 0 Å². The van der Waals surface area contributed by atoms with Crippen LogP contribution in [0.3, 0.4) is 0 Å². The summed E-state index contributed by atoms with van der Waals surface area (Å²) < 4.78 is 5.81. The van der Waals surface area contributed by atoms with E-state index in [0.717, 1.165) is 11.0 Å². The zero-order valence-corrected chi connectivity index (χ0v) is 12.4. The van der Waals surface area contributed by atoms with Gasteiger partial charge in [-0.15, -0.1) is 0 Å². The minimum Gasteiger partial charge on any atom is -0.427 e. The molecule has 1 aliphatic rings. The first-order chi connectivity index (χ1) is 8.67. The molecule has 0 fully saturated rings. The van der Waals surface area contributed by atoms with Gasteiger partial charge in [-0.3, -0.25) is 0 Å². The summed E-state index contributed by atoms with van der Waals surface area (Å²) in [6.07, 6.45) is 7.32. The van der Waals surface area contributed by atoms with Gasteiger partial charge in [-0.2, -0.15) is 0 Å². The van der Waals surface area contributed by atoms with Crippen LogP contribution in [0.1, 0.15) is 27.7 Å². The second-order valence-corrected chi connectivity index (χ2v) is 5.71. The van der Waals surface area contributed by atoms with Crippen LogP contribution in [0, 0.1) is 5.41 Å². The van der Waals surface area contributed by atoms with E-state index in [0.29, 0.717) is 13.2 Å². The second-order valence-electron chi connectivity index (χ2n) is 5.71. The molecular weight excluding hydrogens is 239 g/mol. The van der Waals surface area contributed by atoms with E-state index in [2.05, 4.69) is 5.32 Å². The fourth-order valence-corrected chi connectivity index (χ4v) is 1.42. The summed E-state index contributed by atoms with van der Waals surface area (Å²) in [4.78, 5) is 0. The Balaban J connectivity index is 2.74. The van der Waals surface area contributed by atoms with Crippen molar-refractivity contribution >= 4 is 13.2 Å². The Kier molecular flexibility index (Phi) is 4.77. The third kappa shape index (κ3) is 4.08. The van der Waals surface area contributed by atoms with Crippen molar-refractivity contribution in [2.45, 2.75) is 38.9 Å². The van der Waals surface area contributed by atoms with Crippen LogP contribution in [0.2, 0.25) is 0 Å². The molecule has 0 aromatic carbocycles. The second kappa shape index (κ2) is 5.76. The van der Waals surface area contributed by atoms with E-state index < -0.39 is 11.2 Å². The fraction of sp³-hybridized carbons (Fsp3) is 0.500. The van der Waals surface area contributed by atoms with Crippen molar-refractivity contribution in [2.24, 2.45) is 0 Å². The van der Waals surface area contributed by atoms with Gasteiger partial charge in [0.1, 0.15) is 0 Å². The molecule has 0 atom stereocenters. The average molecular weight is 262 g/mol. The predicted octanol–water partition coefficient (Wildman–Crippen LogP) is 1.48. The minimum atomic E-state index is -0.914. The Bertz CT molecular complexity index is 443. The molecule has 0 amide bonds. The summed E-state index contributed by atoms with van der Waals surface area (Å²) in [5.41, 5.74) is 0.723. The smallest absolute Gasteiger partial charge is 0.309 e. The lowest BCUT2D eigenvalue weighted by Gasteiger charge is -2.37. The highest BCUT2D eigenvalue weighted by atomic mass is 16.5. The van der Waals surface area contributed by atoms with Gasteiger partial charge in [0.05, 0.1) is 16.9 Å². The molecule has 1 rings (SSSR count). The van der Waals surface area contributed by atoms with Gasteiger partial charge in [-0.1, -0.05) is 17.6 Å². The van der Waals surface area contributed by atoms with Gasteiger partial charge in [-0.05, 0) is 33.8 Å². The zero-order valence-electron chi connectivity index (χ0n) is 12.4. The number of nitrogens with one attached hydrogen (secondary N) is 2. The van der Waals surface area contributed by atoms with Crippen molar-refractivity contribution in [2.75, 3.05) is 7.05 Å². The summed E-state index contributed by atoms with van der Waals surface area (Å²) in [6.45, 7) is 7.21. The van der Waals surface area contributed by atoms with E-state index in [9.17, 15) is 5.11 Å². The van der Waals surface area contributed by atoms with Crippen molar-refractivity contribution in [3.8, 4) is 0 Å². The number of hydrogen-bond acceptors (Lipinski definition) is 4. The van der Waals surface area contributed by atoms with E-state index in [1.54, 1.807) is 33.2 Å². The Morgan fingerprint density at radius 3 is 2.47 bits per heavy atom. The standard InChI is InChI=1S/C14H23BN2O2/c1-13(2,18)14(3,4)19-15-11-6-7-12(16)10(8-11)9-17-5/h6-9,15-18H,1-5H3/b10-9-,16-12?. The van der Waals surface area contributed by atoms with Crippen molar-refractivity contribution < 1.29 is 9.76 Å². The van der Waals surface area contributed by atoms with Crippen LogP contribution in [0.25, 0.3) is 0 Å². The van der Waals surface area contributed by atoms with Crippen LogP contribution < -0.4 is 5.32 Å². The summed E-state index contributed by atoms with van der Waals surface area (Å²) in [6, 6.07) is 0. The van der Waals surface area contributed by atoms with Crippen LogP contribution >= 0.6 is 0 Å². The molecule has 19 heavy (non-hydrogen) atoms. The fourth-order valence-electron chi connectivity index (χ4n) is 1.42. The monoisotopic (exact) mass is 262 g/mol. The van der Waals surface area contributed by atoms with Gasteiger partial charge in [0, 0.05) is 18.8 Å². The van der Waals surface area contributed by atoms with E-state index in [1.165, 1.54) is 0 Å². The van der Waals surface area contributed by atoms with Crippen molar-refractivity contribution in [1.29, 1.82) is 5.41 Å². The third-order valence-corrected chi connectivity index (χ3v) is 3.49. The first-order valence-electron chi connectivity index (χ1n) is 6.39. The quantitative estimate of drug-likeness (QED) is 0.657. The molecule has 0 aliphatic heterocycles. The number of aliphatic hydroxyl groups is 1. The normalized spacial score (nSPS) is 18.5. The highest BCUT2D eigenvalue weighted by molar-refractivity contribution is 6.40. The Labute approximate surface area is 116 Å². The van der Waals surface area contributed by atoms with Gasteiger partial charge in [0.2, 0.25) is 0 Å². The maximum absolute atomic E-state index is 10.0. The molecule has 0 aromatic rings. The number of rotatable bonds is 5. The highest BCUT2D eigenvalue weighted by Crippen LogP contribution is 2.25. The largest absolute Gasteiger partial charge is 0.427 e. The molecule has 0 saturated carbocycles. The van der Waals surface area contributed by atoms with Gasteiger partial charge >= 0.3 is 7.48 Å². The van der Waals surface area contributed by atoms with Crippen molar-refractivity contribution in [3.63, 3.8) is 0 Å². The lowest BCUT2D eigenvalue weighted by Crippen LogP contribution is -2.48. The molecule has 5 heteroatoms. The van der Waals surface area contributed by atoms with Crippen molar-refractivity contribution in [3.05, 3.63) is 35.5 Å². The topological polar surface area (TPSA) is 65.3 Å².